The zero-order valence-corrected chi connectivity index (χ0v) is 11.9. The summed E-state index contributed by atoms with van der Waals surface area (Å²) in [6, 6.07) is 2.28. The Kier molecular flexibility index (Phi) is 4.20. The summed E-state index contributed by atoms with van der Waals surface area (Å²) >= 11 is 3.58. The minimum Gasteiger partial charge on any atom is -0.478 e. The molecule has 1 fully saturated rings. The minimum absolute atomic E-state index is 0.479. The van der Waals surface area contributed by atoms with Gasteiger partial charge in [0.2, 0.25) is 11.8 Å². The van der Waals surface area contributed by atoms with Crippen molar-refractivity contribution < 1.29 is 4.74 Å². The van der Waals surface area contributed by atoms with Gasteiger partial charge in [0, 0.05) is 30.2 Å². The van der Waals surface area contributed by atoms with Gasteiger partial charge >= 0.3 is 0 Å². The molecule has 17 heavy (non-hydrogen) atoms. The zero-order chi connectivity index (χ0) is 12.3. The monoisotopic (exact) mass is 299 g/mol. The first-order valence-electron chi connectivity index (χ1n) is 6.04. The molecule has 5 heteroatoms. The molecule has 2 heterocycles. The molecule has 0 aromatic carbocycles. The van der Waals surface area contributed by atoms with Crippen molar-refractivity contribution in [1.29, 1.82) is 0 Å². The second-order valence-electron chi connectivity index (χ2n) is 4.31. The Morgan fingerprint density at radius 3 is 3.12 bits per heavy atom. The highest BCUT2D eigenvalue weighted by Crippen LogP contribution is 2.29. The molecule has 2 rings (SSSR count). The molecule has 0 spiro atoms. The summed E-state index contributed by atoms with van der Waals surface area (Å²) < 4.78 is 5.41. The predicted octanol–water partition coefficient (Wildman–Crippen LogP) is 2.49. The summed E-state index contributed by atoms with van der Waals surface area (Å²) in [6.07, 6.45) is 2.96. The van der Waals surface area contributed by atoms with Crippen molar-refractivity contribution >= 4 is 21.9 Å². The number of hydrogen-bond acceptors (Lipinski definition) is 4. The Hall–Kier alpha value is -0.840. The van der Waals surface area contributed by atoms with Crippen LogP contribution in [-0.2, 0) is 0 Å². The van der Waals surface area contributed by atoms with Crippen LogP contribution in [0.15, 0.2) is 12.3 Å². The van der Waals surface area contributed by atoms with Gasteiger partial charge in [0.05, 0.1) is 6.61 Å². The number of anilines is 1. The van der Waals surface area contributed by atoms with Gasteiger partial charge in [0.15, 0.2) is 0 Å². The quantitative estimate of drug-likeness (QED) is 0.801. The summed E-state index contributed by atoms with van der Waals surface area (Å²) in [5.74, 6) is 2.11. The van der Waals surface area contributed by atoms with E-state index >= 15 is 0 Å². The van der Waals surface area contributed by atoms with Gasteiger partial charge in [-0.05, 0) is 19.3 Å². The standard InChI is InChI=1S/C12H18BrN3O/c1-3-17-11-4-6-14-12(15-11)16-7-5-9(2)10(16)8-13/h4,6,9-10H,3,5,7-8H2,1-2H3. The molecule has 2 atom stereocenters. The number of alkyl halides is 1. The number of aromatic nitrogens is 2. The van der Waals surface area contributed by atoms with Crippen LogP contribution in [0.3, 0.4) is 0 Å². The van der Waals surface area contributed by atoms with Gasteiger partial charge in [-0.1, -0.05) is 22.9 Å². The fraction of sp³-hybridized carbons (Fsp3) is 0.667. The van der Waals surface area contributed by atoms with Gasteiger partial charge < -0.3 is 9.64 Å². The molecule has 2 unspecified atom stereocenters. The number of ether oxygens (including phenoxy) is 1. The molecule has 1 saturated heterocycles. The average Bonchev–Trinajstić information content (AvgIpc) is 2.71. The molecule has 0 saturated carbocycles. The molecule has 0 aliphatic carbocycles. The Morgan fingerprint density at radius 2 is 2.41 bits per heavy atom. The largest absolute Gasteiger partial charge is 0.478 e. The van der Waals surface area contributed by atoms with Gasteiger partial charge in [0.1, 0.15) is 0 Å². The lowest BCUT2D eigenvalue weighted by molar-refractivity contribution is 0.326. The zero-order valence-electron chi connectivity index (χ0n) is 10.3. The Bertz CT molecular complexity index is 375. The highest BCUT2D eigenvalue weighted by atomic mass is 79.9. The van der Waals surface area contributed by atoms with Crippen molar-refractivity contribution in [3.63, 3.8) is 0 Å². The van der Waals surface area contributed by atoms with Crippen molar-refractivity contribution in [2.24, 2.45) is 5.92 Å². The first kappa shape index (κ1) is 12.6. The average molecular weight is 300 g/mol. The highest BCUT2D eigenvalue weighted by molar-refractivity contribution is 9.09. The van der Waals surface area contributed by atoms with Crippen LogP contribution in [0.2, 0.25) is 0 Å². The van der Waals surface area contributed by atoms with Gasteiger partial charge in [0.25, 0.3) is 0 Å². The molecule has 1 aliphatic heterocycles. The highest BCUT2D eigenvalue weighted by Gasteiger charge is 2.31. The van der Waals surface area contributed by atoms with Crippen LogP contribution in [0, 0.1) is 5.92 Å². The normalized spacial score (nSPS) is 24.1. The summed E-state index contributed by atoms with van der Waals surface area (Å²) in [7, 11) is 0. The molecule has 1 aromatic heterocycles. The van der Waals surface area contributed by atoms with Crippen LogP contribution in [-0.4, -0.2) is 34.5 Å². The fourth-order valence-corrected chi connectivity index (χ4v) is 3.18. The molecule has 4 nitrogen and oxygen atoms in total. The maximum atomic E-state index is 5.41. The number of rotatable bonds is 4. The van der Waals surface area contributed by atoms with Crippen molar-refractivity contribution in [3.05, 3.63) is 12.3 Å². The van der Waals surface area contributed by atoms with Crippen LogP contribution in [0.5, 0.6) is 5.88 Å². The van der Waals surface area contributed by atoms with Gasteiger partial charge in [-0.15, -0.1) is 0 Å². The maximum absolute atomic E-state index is 5.41. The van der Waals surface area contributed by atoms with Gasteiger partial charge in [-0.2, -0.15) is 4.98 Å². The lowest BCUT2D eigenvalue weighted by Crippen LogP contribution is -2.34. The van der Waals surface area contributed by atoms with E-state index in [9.17, 15) is 0 Å². The number of nitrogens with zero attached hydrogens (tertiary/aromatic N) is 3. The van der Waals surface area contributed by atoms with Crippen molar-refractivity contribution in [2.75, 3.05) is 23.4 Å². The molecular weight excluding hydrogens is 282 g/mol. The third-order valence-corrected chi connectivity index (χ3v) is 3.87. The lowest BCUT2D eigenvalue weighted by atomic mass is 10.1. The summed E-state index contributed by atoms with van der Waals surface area (Å²) in [5.41, 5.74) is 0. The van der Waals surface area contributed by atoms with Crippen LogP contribution < -0.4 is 9.64 Å². The van der Waals surface area contributed by atoms with Crippen LogP contribution in [0.4, 0.5) is 5.95 Å². The second-order valence-corrected chi connectivity index (χ2v) is 4.96. The Labute approximate surface area is 111 Å². The van der Waals surface area contributed by atoms with Crippen molar-refractivity contribution in [3.8, 4) is 5.88 Å². The fourth-order valence-electron chi connectivity index (χ4n) is 2.19. The molecule has 0 N–H and O–H groups in total. The van der Waals surface area contributed by atoms with E-state index in [1.165, 1.54) is 6.42 Å². The van der Waals surface area contributed by atoms with E-state index in [2.05, 4.69) is 37.7 Å². The summed E-state index contributed by atoms with van der Waals surface area (Å²) in [6.45, 7) is 5.89. The van der Waals surface area contributed by atoms with Gasteiger partial charge in [-0.25, -0.2) is 4.98 Å². The molecule has 1 aliphatic rings. The second kappa shape index (κ2) is 5.67. The molecule has 94 valence electrons. The Morgan fingerprint density at radius 1 is 1.59 bits per heavy atom. The van der Waals surface area contributed by atoms with E-state index in [0.29, 0.717) is 24.4 Å². The molecular formula is C12H18BrN3O. The first-order chi connectivity index (χ1) is 8.26. The summed E-state index contributed by atoms with van der Waals surface area (Å²) in [5, 5.41) is 0.955. The smallest absolute Gasteiger partial charge is 0.228 e. The number of halogens is 1. The van der Waals surface area contributed by atoms with Crippen LogP contribution in [0.25, 0.3) is 0 Å². The molecule has 0 radical (unpaired) electrons. The minimum atomic E-state index is 0.479. The topological polar surface area (TPSA) is 38.2 Å². The van der Waals surface area contributed by atoms with E-state index in [-0.39, 0.29) is 0 Å². The lowest BCUT2D eigenvalue weighted by Gasteiger charge is -2.25. The molecule has 0 bridgehead atoms. The number of hydrogen-bond donors (Lipinski definition) is 0. The van der Waals surface area contributed by atoms with Gasteiger partial charge in [-0.3, -0.25) is 0 Å². The molecule has 0 amide bonds. The van der Waals surface area contributed by atoms with E-state index in [0.717, 1.165) is 17.8 Å². The van der Waals surface area contributed by atoms with E-state index < -0.39 is 0 Å². The van der Waals surface area contributed by atoms with E-state index in [1.54, 1.807) is 12.3 Å². The third-order valence-electron chi connectivity index (χ3n) is 3.21. The SMILES string of the molecule is CCOc1ccnc(N2CCC(C)C2CBr)n1. The first-order valence-corrected chi connectivity index (χ1v) is 7.16. The van der Waals surface area contributed by atoms with Crippen LogP contribution >= 0.6 is 15.9 Å². The summed E-state index contributed by atoms with van der Waals surface area (Å²) in [4.78, 5) is 11.1. The third kappa shape index (κ3) is 2.70. The predicted molar refractivity (Wildman–Crippen MR) is 71.9 cm³/mol. The maximum Gasteiger partial charge on any atom is 0.228 e. The van der Waals surface area contributed by atoms with E-state index in [1.807, 2.05) is 6.92 Å². The van der Waals surface area contributed by atoms with Crippen LogP contribution in [0.1, 0.15) is 20.3 Å². The Balaban J connectivity index is 2.18. The van der Waals surface area contributed by atoms with Crippen molar-refractivity contribution in [2.45, 2.75) is 26.3 Å². The van der Waals surface area contributed by atoms with E-state index in [4.69, 9.17) is 4.74 Å². The molecule has 1 aromatic rings. The van der Waals surface area contributed by atoms with Crippen molar-refractivity contribution in [1.82, 2.24) is 9.97 Å².